The number of hydrogen-bond donors (Lipinski definition) is 0. The van der Waals surface area contributed by atoms with Crippen LogP contribution in [0.15, 0.2) is 30.5 Å². The second-order valence-electron chi connectivity index (χ2n) is 8.74. The van der Waals surface area contributed by atoms with Gasteiger partial charge in [-0.05, 0) is 17.2 Å². The van der Waals surface area contributed by atoms with Gasteiger partial charge in [0.1, 0.15) is 0 Å². The number of carbonyl (C=O) groups excluding carboxylic acids is 2. The van der Waals surface area contributed by atoms with Crippen molar-refractivity contribution in [2.45, 2.75) is 45.2 Å². The Labute approximate surface area is 153 Å². The highest BCUT2D eigenvalue weighted by molar-refractivity contribution is 5.94. The van der Waals surface area contributed by atoms with Gasteiger partial charge in [-0.1, -0.05) is 45.0 Å². The number of ether oxygens (including phenoxy) is 2. The lowest BCUT2D eigenvalue weighted by atomic mass is 9.73. The minimum Gasteiger partial charge on any atom is -0.359 e. The maximum absolute atomic E-state index is 13.4. The molecule has 0 radical (unpaired) electrons. The van der Waals surface area contributed by atoms with Crippen LogP contribution >= 0.6 is 0 Å². The maximum Gasteiger partial charge on any atom is 0.218 e. The summed E-state index contributed by atoms with van der Waals surface area (Å²) in [6, 6.07) is 7.64. The third-order valence-electron chi connectivity index (χ3n) is 6.21. The molecule has 0 amide bonds. The molecule has 5 rings (SSSR count). The molecule has 6 atom stereocenters. The number of benzene rings is 1. The van der Waals surface area contributed by atoms with Gasteiger partial charge >= 0.3 is 0 Å². The van der Waals surface area contributed by atoms with Gasteiger partial charge in [-0.15, -0.1) is 0 Å². The second kappa shape index (κ2) is 5.27. The molecule has 26 heavy (non-hydrogen) atoms. The van der Waals surface area contributed by atoms with Gasteiger partial charge in [-0.25, -0.2) is 0 Å². The second-order valence-corrected chi connectivity index (χ2v) is 8.74. The van der Waals surface area contributed by atoms with E-state index in [4.69, 9.17) is 9.47 Å². The molecule has 1 aromatic carbocycles. The van der Waals surface area contributed by atoms with Crippen LogP contribution in [0.3, 0.4) is 0 Å². The molecule has 1 aromatic rings. The summed E-state index contributed by atoms with van der Waals surface area (Å²) < 4.78 is 11.4. The Kier molecular flexibility index (Phi) is 3.29. The van der Waals surface area contributed by atoms with Crippen molar-refractivity contribution in [3.8, 4) is 0 Å². The van der Waals surface area contributed by atoms with Gasteiger partial charge in [0.25, 0.3) is 0 Å². The topological polar surface area (TPSA) is 55.8 Å². The molecule has 5 heteroatoms. The highest BCUT2D eigenvalue weighted by Crippen LogP contribution is 2.55. The van der Waals surface area contributed by atoms with Crippen LogP contribution in [0.5, 0.6) is 0 Å². The van der Waals surface area contributed by atoms with E-state index < -0.39 is 11.7 Å². The number of fused-ring (bicyclic) bond motifs is 8. The lowest BCUT2D eigenvalue weighted by Crippen LogP contribution is -2.50. The summed E-state index contributed by atoms with van der Waals surface area (Å²) in [7, 11) is 0. The summed E-state index contributed by atoms with van der Waals surface area (Å²) in [4.78, 5) is 28.6. The van der Waals surface area contributed by atoms with Gasteiger partial charge in [-0.2, -0.15) is 0 Å². The zero-order chi connectivity index (χ0) is 18.2. The van der Waals surface area contributed by atoms with Crippen molar-refractivity contribution < 1.29 is 19.1 Å². The number of ketones is 2. The predicted octanol–water partition coefficient (Wildman–Crippen LogP) is 2.57. The molecule has 4 aliphatic heterocycles. The molecule has 4 aliphatic rings. The summed E-state index contributed by atoms with van der Waals surface area (Å²) >= 11 is 0. The average Bonchev–Trinajstić information content (AvgIpc) is 3.19. The monoisotopic (exact) mass is 353 g/mol. The molecular formula is C21H23NO4. The van der Waals surface area contributed by atoms with E-state index in [0.717, 1.165) is 11.1 Å². The predicted molar refractivity (Wildman–Crippen MR) is 94.9 cm³/mol. The van der Waals surface area contributed by atoms with Crippen molar-refractivity contribution >= 4 is 17.6 Å². The smallest absolute Gasteiger partial charge is 0.218 e. The summed E-state index contributed by atoms with van der Waals surface area (Å²) in [5, 5.41) is 0. The average molecular weight is 353 g/mol. The number of nitrogens with zero attached hydrogens (tertiary/aromatic N) is 1. The first-order chi connectivity index (χ1) is 12.4. The fraction of sp³-hybridized carbons (Fsp3) is 0.524. The zero-order valence-electron chi connectivity index (χ0n) is 15.2. The highest BCUT2D eigenvalue weighted by atomic mass is 16.7. The van der Waals surface area contributed by atoms with E-state index in [2.05, 4.69) is 17.0 Å². The van der Waals surface area contributed by atoms with E-state index in [9.17, 15) is 9.59 Å². The van der Waals surface area contributed by atoms with Gasteiger partial charge in [0.15, 0.2) is 11.6 Å². The number of carbonyl (C=O) groups is 2. The Balaban J connectivity index is 1.68. The van der Waals surface area contributed by atoms with E-state index in [0.29, 0.717) is 6.61 Å². The van der Waals surface area contributed by atoms with Crippen LogP contribution in [0.25, 0.3) is 6.08 Å². The van der Waals surface area contributed by atoms with E-state index in [1.165, 1.54) is 0 Å². The first-order valence-corrected chi connectivity index (χ1v) is 9.27. The van der Waals surface area contributed by atoms with Crippen LogP contribution in [0, 0.1) is 17.3 Å². The Morgan fingerprint density at radius 1 is 1.23 bits per heavy atom. The summed E-state index contributed by atoms with van der Waals surface area (Å²) in [6.07, 6.45) is 3.07. The quantitative estimate of drug-likeness (QED) is 0.777. The molecular weight excluding hydrogens is 330 g/mol. The van der Waals surface area contributed by atoms with E-state index >= 15 is 0 Å². The summed E-state index contributed by atoms with van der Waals surface area (Å²) in [5.41, 5.74) is 1.74. The van der Waals surface area contributed by atoms with Crippen LogP contribution in [-0.4, -0.2) is 41.5 Å². The van der Waals surface area contributed by atoms with Crippen LogP contribution < -0.4 is 0 Å². The molecule has 2 bridgehead atoms. The first-order valence-electron chi connectivity index (χ1n) is 9.27. The normalized spacial score (nSPS) is 37.3. The lowest BCUT2D eigenvalue weighted by molar-refractivity contribution is -0.165. The molecule has 3 fully saturated rings. The molecule has 0 N–H and O–H groups in total. The van der Waals surface area contributed by atoms with Crippen LogP contribution in [-0.2, 0) is 19.1 Å². The Bertz CT molecular complexity index is 824. The zero-order valence-corrected chi connectivity index (χ0v) is 15.2. The minimum absolute atomic E-state index is 0.0203. The molecule has 4 heterocycles. The van der Waals surface area contributed by atoms with Crippen molar-refractivity contribution in [3.05, 3.63) is 41.6 Å². The van der Waals surface area contributed by atoms with Crippen molar-refractivity contribution in [1.29, 1.82) is 0 Å². The fourth-order valence-corrected chi connectivity index (χ4v) is 5.06. The molecule has 0 saturated carbocycles. The van der Waals surface area contributed by atoms with Crippen molar-refractivity contribution in [1.82, 2.24) is 4.90 Å². The standard InChI is InChI=1S/C21H23NO4/c1-21(2,3)19(24)17-14-13-10-25-20(26-13)18(23)15(14)16-12-7-5-4-6-11(12)8-9-22(16)17/h4-9,13-17,20H,10H2,1-3H3/t13-,14+,15+,16-,17+,20-/m0/s1. The number of hydrogen-bond acceptors (Lipinski definition) is 5. The lowest BCUT2D eigenvalue weighted by Gasteiger charge is -2.36. The number of rotatable bonds is 1. The minimum atomic E-state index is -0.773. The van der Waals surface area contributed by atoms with Crippen LogP contribution in [0.4, 0.5) is 0 Å². The molecule has 5 nitrogen and oxygen atoms in total. The molecule has 3 saturated heterocycles. The number of Topliss-reactive ketones (excluding diaryl/α,β-unsaturated/α-hetero) is 2. The largest absolute Gasteiger partial charge is 0.359 e. The van der Waals surface area contributed by atoms with Gasteiger partial charge in [0.05, 0.1) is 30.7 Å². The Morgan fingerprint density at radius 3 is 2.77 bits per heavy atom. The molecule has 0 unspecified atom stereocenters. The van der Waals surface area contributed by atoms with Crippen molar-refractivity contribution in [2.75, 3.05) is 6.61 Å². The maximum atomic E-state index is 13.4. The van der Waals surface area contributed by atoms with Crippen LogP contribution in [0.2, 0.25) is 0 Å². The fourth-order valence-electron chi connectivity index (χ4n) is 5.06. The van der Waals surface area contributed by atoms with E-state index in [1.807, 2.05) is 45.2 Å². The first kappa shape index (κ1) is 16.2. The molecule has 0 spiro atoms. The Morgan fingerprint density at radius 2 is 2.00 bits per heavy atom. The molecule has 0 aromatic heterocycles. The molecule has 0 aliphatic carbocycles. The van der Waals surface area contributed by atoms with Gasteiger partial charge < -0.3 is 14.4 Å². The van der Waals surface area contributed by atoms with E-state index in [1.54, 1.807) is 0 Å². The van der Waals surface area contributed by atoms with Gasteiger partial charge in [0.2, 0.25) is 6.29 Å². The Hall–Kier alpha value is -1.98. The highest BCUT2D eigenvalue weighted by Gasteiger charge is 2.64. The summed E-state index contributed by atoms with van der Waals surface area (Å²) in [6.45, 7) is 6.22. The van der Waals surface area contributed by atoms with Crippen molar-refractivity contribution in [2.24, 2.45) is 17.3 Å². The SMILES string of the molecule is CC(C)(C)C(=O)[C@H]1[C@H]2[C@@H](C(=O)[C@H]3OC[C@@H]2O3)[C@@H]2c3ccccc3C=CN12. The summed E-state index contributed by atoms with van der Waals surface area (Å²) in [5.74, 6) is -0.314. The van der Waals surface area contributed by atoms with Gasteiger partial charge in [-0.3, -0.25) is 9.59 Å². The van der Waals surface area contributed by atoms with Crippen LogP contribution in [0.1, 0.15) is 37.9 Å². The molecule has 136 valence electrons. The third-order valence-corrected chi connectivity index (χ3v) is 6.21. The van der Waals surface area contributed by atoms with E-state index in [-0.39, 0.29) is 41.6 Å². The van der Waals surface area contributed by atoms with Crippen molar-refractivity contribution in [3.63, 3.8) is 0 Å². The van der Waals surface area contributed by atoms with Gasteiger partial charge in [0, 0.05) is 17.5 Å². The third kappa shape index (κ3) is 2.04.